The molecule has 2 rings (SSSR count). The second-order valence-electron chi connectivity index (χ2n) is 6.12. The van der Waals surface area contributed by atoms with E-state index in [4.69, 9.17) is 10.7 Å². The smallest absolute Gasteiger partial charge is 0.191 e. The van der Waals surface area contributed by atoms with E-state index in [1.54, 1.807) is 0 Å². The Morgan fingerprint density at radius 3 is 2.57 bits per heavy atom. The first-order valence-corrected chi connectivity index (χ1v) is 9.36. The van der Waals surface area contributed by atoms with Gasteiger partial charge in [0, 0.05) is 18.0 Å². The number of guanidine groups is 1. The Kier molecular flexibility index (Phi) is 9.46. The van der Waals surface area contributed by atoms with Crippen LogP contribution in [0.25, 0.3) is 0 Å². The zero-order valence-corrected chi connectivity index (χ0v) is 17.7. The highest BCUT2D eigenvalue weighted by Gasteiger charge is 2.25. The molecule has 1 saturated heterocycles. The molecule has 1 fully saturated rings. The van der Waals surface area contributed by atoms with E-state index in [1.807, 2.05) is 11.3 Å². The van der Waals surface area contributed by atoms with Crippen LogP contribution >= 0.6 is 35.3 Å². The average Bonchev–Trinajstić information content (AvgIpc) is 3.04. The van der Waals surface area contributed by atoms with Crippen molar-refractivity contribution < 1.29 is 0 Å². The van der Waals surface area contributed by atoms with Crippen LogP contribution in [0.3, 0.4) is 0 Å². The Bertz CT molecular complexity index is 451. The minimum absolute atomic E-state index is 0. The van der Waals surface area contributed by atoms with Gasteiger partial charge >= 0.3 is 0 Å². The van der Waals surface area contributed by atoms with Crippen molar-refractivity contribution in [2.45, 2.75) is 39.7 Å². The molecule has 0 bridgehead atoms. The Hall–Kier alpha value is -0.340. The first-order chi connectivity index (χ1) is 10.7. The molecule has 0 radical (unpaired) electrons. The van der Waals surface area contributed by atoms with Crippen molar-refractivity contribution in [3.8, 4) is 0 Å². The molecule has 2 N–H and O–H groups in total. The Morgan fingerprint density at radius 2 is 2.04 bits per heavy atom. The second kappa shape index (κ2) is 10.5. The summed E-state index contributed by atoms with van der Waals surface area (Å²) < 4.78 is 0. The molecule has 132 valence electrons. The minimum Gasteiger partial charge on any atom is -0.370 e. The van der Waals surface area contributed by atoms with Crippen LogP contribution in [-0.4, -0.2) is 48.5 Å². The number of halogens is 1. The molecule has 4 nitrogen and oxygen atoms in total. The summed E-state index contributed by atoms with van der Waals surface area (Å²) in [5.41, 5.74) is 6.15. The maximum atomic E-state index is 6.15. The van der Waals surface area contributed by atoms with Crippen LogP contribution in [0, 0.1) is 5.92 Å². The van der Waals surface area contributed by atoms with Gasteiger partial charge in [0.2, 0.25) is 0 Å². The molecule has 2 heterocycles. The number of piperidine rings is 1. The van der Waals surface area contributed by atoms with Crippen molar-refractivity contribution in [3.05, 3.63) is 22.4 Å². The van der Waals surface area contributed by atoms with Gasteiger partial charge in [0.1, 0.15) is 0 Å². The third kappa shape index (κ3) is 5.90. The van der Waals surface area contributed by atoms with Crippen LogP contribution in [0.1, 0.15) is 44.5 Å². The highest BCUT2D eigenvalue weighted by Crippen LogP contribution is 2.29. The van der Waals surface area contributed by atoms with Gasteiger partial charge in [-0.1, -0.05) is 13.0 Å². The lowest BCUT2D eigenvalue weighted by molar-refractivity contribution is 0.143. The van der Waals surface area contributed by atoms with E-state index < -0.39 is 0 Å². The predicted octanol–water partition coefficient (Wildman–Crippen LogP) is 3.80. The molecule has 1 aromatic heterocycles. The van der Waals surface area contributed by atoms with Crippen LogP contribution < -0.4 is 5.73 Å². The molecular formula is C17H31IN4S. The fourth-order valence-corrected chi connectivity index (χ4v) is 3.89. The number of hydrogen-bond donors (Lipinski definition) is 1. The van der Waals surface area contributed by atoms with Crippen LogP contribution in [0.2, 0.25) is 0 Å². The maximum absolute atomic E-state index is 6.15. The van der Waals surface area contributed by atoms with E-state index in [0.717, 1.165) is 25.6 Å². The fourth-order valence-electron chi connectivity index (χ4n) is 3.03. The molecule has 6 heteroatoms. The second-order valence-corrected chi connectivity index (χ2v) is 7.10. The van der Waals surface area contributed by atoms with E-state index in [1.165, 1.54) is 30.8 Å². The topological polar surface area (TPSA) is 44.9 Å². The van der Waals surface area contributed by atoms with Crippen molar-refractivity contribution in [2.24, 2.45) is 16.6 Å². The summed E-state index contributed by atoms with van der Waals surface area (Å²) in [7, 11) is 0. The van der Waals surface area contributed by atoms with E-state index in [0.29, 0.717) is 12.0 Å². The van der Waals surface area contributed by atoms with E-state index >= 15 is 0 Å². The van der Waals surface area contributed by atoms with Crippen molar-refractivity contribution in [1.82, 2.24) is 9.80 Å². The zero-order valence-electron chi connectivity index (χ0n) is 14.6. The van der Waals surface area contributed by atoms with Gasteiger partial charge < -0.3 is 10.6 Å². The summed E-state index contributed by atoms with van der Waals surface area (Å²) in [6.45, 7) is 11.5. The molecule has 0 aromatic carbocycles. The summed E-state index contributed by atoms with van der Waals surface area (Å²) in [6.07, 6.45) is 2.58. The molecule has 0 aliphatic carbocycles. The maximum Gasteiger partial charge on any atom is 0.191 e. The van der Waals surface area contributed by atoms with E-state index in [-0.39, 0.29) is 24.0 Å². The Balaban J connectivity index is 0.00000264. The molecule has 0 amide bonds. The molecule has 0 spiro atoms. The van der Waals surface area contributed by atoms with Crippen LogP contribution in [0.15, 0.2) is 22.5 Å². The number of nitrogens with zero attached hydrogens (tertiary/aromatic N) is 3. The standard InChI is InChI=1S/C17H30N4S.HI/c1-4-20(5-2)17(18)19-13-15(16-7-6-12-22-16)21-10-8-14(3)9-11-21;/h6-7,12,14-15H,4-5,8-11,13H2,1-3H3,(H2,18,19);1H. The van der Waals surface area contributed by atoms with Crippen molar-refractivity contribution >= 4 is 41.3 Å². The van der Waals surface area contributed by atoms with Gasteiger partial charge in [-0.3, -0.25) is 9.89 Å². The van der Waals surface area contributed by atoms with Gasteiger partial charge in [-0.05, 0) is 57.1 Å². The molecule has 23 heavy (non-hydrogen) atoms. The summed E-state index contributed by atoms with van der Waals surface area (Å²) in [4.78, 5) is 10.8. The zero-order chi connectivity index (χ0) is 15.9. The van der Waals surface area contributed by atoms with Crippen LogP contribution in [0.4, 0.5) is 0 Å². The summed E-state index contributed by atoms with van der Waals surface area (Å²) in [6, 6.07) is 4.75. The monoisotopic (exact) mass is 450 g/mol. The first-order valence-electron chi connectivity index (χ1n) is 8.48. The number of nitrogens with two attached hydrogens (primary N) is 1. The lowest BCUT2D eigenvalue weighted by atomic mass is 9.97. The average molecular weight is 450 g/mol. The van der Waals surface area contributed by atoms with Crippen molar-refractivity contribution in [2.75, 3.05) is 32.7 Å². The Morgan fingerprint density at radius 1 is 1.39 bits per heavy atom. The van der Waals surface area contributed by atoms with Gasteiger partial charge in [0.25, 0.3) is 0 Å². The fraction of sp³-hybridized carbons (Fsp3) is 0.706. The third-order valence-corrected chi connectivity index (χ3v) is 5.62. The van der Waals surface area contributed by atoms with Gasteiger partial charge in [0.05, 0.1) is 12.6 Å². The summed E-state index contributed by atoms with van der Waals surface area (Å²) in [5, 5.41) is 2.16. The number of likely N-dealkylation sites (tertiary alicyclic amines) is 1. The number of aliphatic imine (C=N–C) groups is 1. The molecule has 1 atom stereocenters. The quantitative estimate of drug-likeness (QED) is 0.408. The van der Waals surface area contributed by atoms with E-state index in [9.17, 15) is 0 Å². The highest BCUT2D eigenvalue weighted by atomic mass is 127. The molecule has 1 aliphatic heterocycles. The predicted molar refractivity (Wildman–Crippen MR) is 112 cm³/mol. The van der Waals surface area contributed by atoms with Crippen LogP contribution in [0.5, 0.6) is 0 Å². The van der Waals surface area contributed by atoms with Gasteiger partial charge in [-0.25, -0.2) is 0 Å². The van der Waals surface area contributed by atoms with E-state index in [2.05, 4.69) is 48.1 Å². The molecule has 1 unspecified atom stereocenters. The Labute approximate surface area is 162 Å². The van der Waals surface area contributed by atoms with Gasteiger partial charge in [0.15, 0.2) is 5.96 Å². The minimum atomic E-state index is 0. The van der Waals surface area contributed by atoms with Crippen molar-refractivity contribution in [1.29, 1.82) is 0 Å². The molecule has 0 saturated carbocycles. The van der Waals surface area contributed by atoms with Crippen molar-refractivity contribution in [3.63, 3.8) is 0 Å². The lowest BCUT2D eigenvalue weighted by Crippen LogP contribution is -2.40. The molecule has 1 aromatic rings. The number of rotatable bonds is 6. The highest BCUT2D eigenvalue weighted by molar-refractivity contribution is 14.0. The molecular weight excluding hydrogens is 419 g/mol. The van der Waals surface area contributed by atoms with Crippen LogP contribution in [-0.2, 0) is 0 Å². The SMILES string of the molecule is CCN(CC)C(N)=NCC(c1cccs1)N1CCC(C)CC1.I. The first kappa shape index (κ1) is 20.7. The summed E-state index contributed by atoms with van der Waals surface area (Å²) >= 11 is 1.83. The summed E-state index contributed by atoms with van der Waals surface area (Å²) in [5.74, 6) is 1.53. The largest absolute Gasteiger partial charge is 0.370 e. The molecule has 1 aliphatic rings. The van der Waals surface area contributed by atoms with Gasteiger partial charge in [-0.15, -0.1) is 35.3 Å². The normalized spacial score (nSPS) is 18.5. The lowest BCUT2D eigenvalue weighted by Gasteiger charge is -2.35. The third-order valence-electron chi connectivity index (χ3n) is 4.64. The van der Waals surface area contributed by atoms with Gasteiger partial charge in [-0.2, -0.15) is 0 Å². The number of hydrogen-bond acceptors (Lipinski definition) is 3. The number of thiophene rings is 1.